The van der Waals surface area contributed by atoms with Crippen LogP contribution in [-0.2, 0) is 0 Å². The van der Waals surface area contributed by atoms with Crippen molar-refractivity contribution in [2.45, 2.75) is 0 Å². The van der Waals surface area contributed by atoms with E-state index in [1.54, 1.807) is 50.8 Å². The lowest BCUT2D eigenvalue weighted by Crippen LogP contribution is -2.18. The van der Waals surface area contributed by atoms with Gasteiger partial charge in [-0.05, 0) is 48.6 Å². The molecule has 7 heteroatoms. The number of allylic oxidation sites excluding steroid dienone is 1. The van der Waals surface area contributed by atoms with Crippen LogP contribution in [0.5, 0.6) is 11.5 Å². The second-order valence-corrected chi connectivity index (χ2v) is 6.73. The van der Waals surface area contributed by atoms with Crippen molar-refractivity contribution in [3.63, 3.8) is 0 Å². The van der Waals surface area contributed by atoms with E-state index in [0.29, 0.717) is 34.0 Å². The minimum atomic E-state index is -0.347. The minimum absolute atomic E-state index is 0.347. The predicted molar refractivity (Wildman–Crippen MR) is 124 cm³/mol. The van der Waals surface area contributed by atoms with Gasteiger partial charge in [-0.2, -0.15) is 5.10 Å². The topological polar surface area (TPSA) is 86.0 Å². The van der Waals surface area contributed by atoms with Crippen LogP contribution in [0, 0.1) is 0 Å². The zero-order chi connectivity index (χ0) is 22.3. The molecule has 0 unspecified atom stereocenters. The lowest BCUT2D eigenvalue weighted by atomic mass is 10.0. The van der Waals surface area contributed by atoms with Crippen molar-refractivity contribution in [3.05, 3.63) is 84.3 Å². The molecular formula is C25H21N3O4. The summed E-state index contributed by atoms with van der Waals surface area (Å²) in [6.07, 6.45) is 6.49. The van der Waals surface area contributed by atoms with E-state index in [4.69, 9.17) is 18.9 Å². The molecule has 0 aliphatic heterocycles. The third kappa shape index (κ3) is 4.52. The number of hydrogen-bond acceptors (Lipinski definition) is 6. The van der Waals surface area contributed by atoms with Gasteiger partial charge in [-0.15, -0.1) is 0 Å². The number of carbonyl (C=O) groups excluding carboxylic acids is 1. The van der Waals surface area contributed by atoms with E-state index in [2.05, 4.69) is 10.5 Å². The maximum absolute atomic E-state index is 12.9. The number of benzene rings is 2. The molecule has 0 radical (unpaired) electrons. The molecular weight excluding hydrogens is 406 g/mol. The molecule has 160 valence electrons. The molecule has 0 spiro atoms. The number of ether oxygens (including phenoxy) is 2. The van der Waals surface area contributed by atoms with Crippen LogP contribution in [0.2, 0.25) is 0 Å². The molecule has 2 aromatic heterocycles. The molecule has 0 bridgehead atoms. The van der Waals surface area contributed by atoms with Crippen LogP contribution in [-0.4, -0.2) is 31.3 Å². The summed E-state index contributed by atoms with van der Waals surface area (Å²) >= 11 is 0. The molecule has 2 aromatic carbocycles. The number of nitrogens with one attached hydrogen (secondary N) is 1. The molecule has 0 saturated heterocycles. The third-order valence-electron chi connectivity index (χ3n) is 4.78. The molecule has 7 nitrogen and oxygen atoms in total. The highest BCUT2D eigenvalue weighted by atomic mass is 16.5. The van der Waals surface area contributed by atoms with Gasteiger partial charge in [-0.1, -0.05) is 18.2 Å². The number of carbonyl (C=O) groups is 1. The summed E-state index contributed by atoms with van der Waals surface area (Å²) in [5.41, 5.74) is 5.06. The number of hydrogen-bond donors (Lipinski definition) is 1. The first kappa shape index (κ1) is 20.9. The molecule has 0 saturated carbocycles. The minimum Gasteiger partial charge on any atom is -0.497 e. The van der Waals surface area contributed by atoms with Crippen LogP contribution in [0.4, 0.5) is 0 Å². The van der Waals surface area contributed by atoms with Crippen molar-refractivity contribution in [2.24, 2.45) is 5.10 Å². The summed E-state index contributed by atoms with van der Waals surface area (Å²) in [5, 5.41) is 4.72. The van der Waals surface area contributed by atoms with Crippen LogP contribution in [0.25, 0.3) is 28.2 Å². The van der Waals surface area contributed by atoms with Crippen LogP contribution in [0.15, 0.2) is 82.5 Å². The summed E-state index contributed by atoms with van der Waals surface area (Å²) in [5.74, 6) is 1.61. The standard InChI is InChI=1S/C25H21N3O4/c1-30-18-11-12-20(24(15-18)31-2)23-16-21(19-9-3-4-10-22(19)27-23)25(29)28-26-13-5-7-17-8-6-14-32-17/h3-16H,1-2H3,(H,28,29)/b7-5+,26-13?. The van der Waals surface area contributed by atoms with Crippen molar-refractivity contribution < 1.29 is 18.7 Å². The first-order valence-corrected chi connectivity index (χ1v) is 9.85. The lowest BCUT2D eigenvalue weighted by molar-refractivity contribution is 0.0956. The molecule has 32 heavy (non-hydrogen) atoms. The Morgan fingerprint density at radius 3 is 2.72 bits per heavy atom. The Hall–Kier alpha value is -4.39. The van der Waals surface area contributed by atoms with Gasteiger partial charge in [0, 0.05) is 23.2 Å². The molecule has 1 amide bonds. The van der Waals surface area contributed by atoms with Gasteiger partial charge in [0.05, 0.1) is 37.3 Å². The number of hydrazone groups is 1. The van der Waals surface area contributed by atoms with E-state index in [-0.39, 0.29) is 5.91 Å². The lowest BCUT2D eigenvalue weighted by Gasteiger charge is -2.12. The number of nitrogens with zero attached hydrogens (tertiary/aromatic N) is 2. The maximum Gasteiger partial charge on any atom is 0.272 e. The second kappa shape index (κ2) is 9.61. The van der Waals surface area contributed by atoms with Crippen molar-refractivity contribution in [1.82, 2.24) is 10.4 Å². The smallest absolute Gasteiger partial charge is 0.272 e. The number of rotatable bonds is 7. The molecule has 0 aliphatic carbocycles. The molecule has 4 aromatic rings. The van der Waals surface area contributed by atoms with E-state index < -0.39 is 0 Å². The Morgan fingerprint density at radius 2 is 1.94 bits per heavy atom. The van der Waals surface area contributed by atoms with E-state index >= 15 is 0 Å². The maximum atomic E-state index is 12.9. The van der Waals surface area contributed by atoms with E-state index in [0.717, 1.165) is 10.9 Å². The Balaban J connectivity index is 1.66. The molecule has 4 rings (SSSR count). The second-order valence-electron chi connectivity index (χ2n) is 6.73. The van der Waals surface area contributed by atoms with Crippen molar-refractivity contribution >= 4 is 29.1 Å². The third-order valence-corrected chi connectivity index (χ3v) is 4.78. The Bertz CT molecular complexity index is 1290. The fourth-order valence-corrected chi connectivity index (χ4v) is 3.23. The van der Waals surface area contributed by atoms with Gasteiger partial charge in [-0.3, -0.25) is 4.79 Å². The fraction of sp³-hybridized carbons (Fsp3) is 0.0800. The highest BCUT2D eigenvalue weighted by molar-refractivity contribution is 6.07. The number of para-hydroxylation sites is 1. The van der Waals surface area contributed by atoms with Gasteiger partial charge >= 0.3 is 0 Å². The summed E-state index contributed by atoms with van der Waals surface area (Å²) in [6.45, 7) is 0. The van der Waals surface area contributed by atoms with Gasteiger partial charge in [0.1, 0.15) is 17.3 Å². The van der Waals surface area contributed by atoms with Gasteiger partial charge in [0.25, 0.3) is 5.91 Å². The van der Waals surface area contributed by atoms with Crippen LogP contribution in [0.1, 0.15) is 16.1 Å². The highest BCUT2D eigenvalue weighted by Crippen LogP contribution is 2.34. The first-order valence-electron chi connectivity index (χ1n) is 9.85. The Morgan fingerprint density at radius 1 is 1.06 bits per heavy atom. The van der Waals surface area contributed by atoms with E-state index in [1.165, 1.54) is 6.21 Å². The fourth-order valence-electron chi connectivity index (χ4n) is 3.23. The highest BCUT2D eigenvalue weighted by Gasteiger charge is 2.16. The normalized spacial score (nSPS) is 11.3. The quantitative estimate of drug-likeness (QED) is 0.333. The summed E-state index contributed by atoms with van der Waals surface area (Å²) in [7, 11) is 3.17. The van der Waals surface area contributed by atoms with Gasteiger partial charge in [-0.25, -0.2) is 10.4 Å². The first-order chi connectivity index (χ1) is 15.7. The van der Waals surface area contributed by atoms with Gasteiger partial charge < -0.3 is 13.9 Å². The summed E-state index contributed by atoms with van der Waals surface area (Å²) in [4.78, 5) is 17.7. The van der Waals surface area contributed by atoms with Crippen molar-refractivity contribution in [3.8, 4) is 22.8 Å². The number of amides is 1. The average molecular weight is 427 g/mol. The Kier molecular flexibility index (Phi) is 6.27. The average Bonchev–Trinajstić information content (AvgIpc) is 3.36. The number of furan rings is 1. The largest absolute Gasteiger partial charge is 0.497 e. The Labute approximate surface area is 185 Å². The molecule has 1 N–H and O–H groups in total. The molecule has 2 heterocycles. The van der Waals surface area contributed by atoms with Crippen LogP contribution < -0.4 is 14.9 Å². The number of fused-ring (bicyclic) bond motifs is 1. The summed E-state index contributed by atoms with van der Waals surface area (Å²) in [6, 6.07) is 18.3. The number of aromatic nitrogens is 1. The molecule has 0 aliphatic rings. The predicted octanol–water partition coefficient (Wildman–Crippen LogP) is 4.94. The zero-order valence-corrected chi connectivity index (χ0v) is 17.6. The zero-order valence-electron chi connectivity index (χ0n) is 17.6. The van der Waals surface area contributed by atoms with E-state index in [9.17, 15) is 4.79 Å². The van der Waals surface area contributed by atoms with Crippen LogP contribution >= 0.6 is 0 Å². The number of pyridine rings is 1. The van der Waals surface area contributed by atoms with E-state index in [1.807, 2.05) is 42.5 Å². The van der Waals surface area contributed by atoms with Gasteiger partial charge in [0.2, 0.25) is 0 Å². The number of methoxy groups -OCH3 is 2. The summed E-state index contributed by atoms with van der Waals surface area (Å²) < 4.78 is 16.0. The molecule has 0 atom stereocenters. The van der Waals surface area contributed by atoms with Gasteiger partial charge in [0.15, 0.2) is 0 Å². The van der Waals surface area contributed by atoms with Crippen molar-refractivity contribution in [1.29, 1.82) is 0 Å². The monoisotopic (exact) mass is 427 g/mol. The van der Waals surface area contributed by atoms with Crippen LogP contribution in [0.3, 0.4) is 0 Å². The van der Waals surface area contributed by atoms with Crippen molar-refractivity contribution in [2.75, 3.05) is 14.2 Å². The molecule has 0 fully saturated rings. The SMILES string of the molecule is COc1ccc(-c2cc(C(=O)NN=C/C=C/c3ccco3)c3ccccc3n2)c(OC)c1.